The standard InChI is InChI=1S/C15H19N3O/c1-4-19-14-6-5-13(8-10(14)2)18-15-11(3)7-12(16)9-17-15/h5-9H,4,16H2,1-3H3,(H,17,18). The number of pyridine rings is 1. The van der Waals surface area contributed by atoms with Crippen molar-refractivity contribution < 1.29 is 4.74 Å². The van der Waals surface area contributed by atoms with Crippen molar-refractivity contribution in [2.24, 2.45) is 0 Å². The number of aromatic nitrogens is 1. The van der Waals surface area contributed by atoms with Gasteiger partial charge in [0.15, 0.2) is 0 Å². The van der Waals surface area contributed by atoms with Gasteiger partial charge in [-0.3, -0.25) is 0 Å². The fourth-order valence-corrected chi connectivity index (χ4v) is 1.91. The van der Waals surface area contributed by atoms with Gasteiger partial charge in [-0.15, -0.1) is 0 Å². The third-order valence-electron chi connectivity index (χ3n) is 2.84. The fraction of sp³-hybridized carbons (Fsp3) is 0.267. The lowest BCUT2D eigenvalue weighted by atomic mass is 10.2. The molecule has 0 fully saturated rings. The molecule has 4 nitrogen and oxygen atoms in total. The molecule has 2 aromatic rings. The highest BCUT2D eigenvalue weighted by molar-refractivity contribution is 5.63. The van der Waals surface area contributed by atoms with E-state index in [9.17, 15) is 0 Å². The molecule has 0 aliphatic heterocycles. The molecule has 0 amide bonds. The molecule has 0 saturated carbocycles. The lowest BCUT2D eigenvalue weighted by molar-refractivity contribution is 0.338. The van der Waals surface area contributed by atoms with E-state index in [0.717, 1.165) is 28.4 Å². The van der Waals surface area contributed by atoms with Crippen LogP contribution >= 0.6 is 0 Å². The smallest absolute Gasteiger partial charge is 0.133 e. The lowest BCUT2D eigenvalue weighted by Gasteiger charge is -2.12. The van der Waals surface area contributed by atoms with Gasteiger partial charge in [-0.05, 0) is 56.2 Å². The summed E-state index contributed by atoms with van der Waals surface area (Å²) in [6, 6.07) is 7.89. The number of nitrogen functional groups attached to an aromatic ring is 1. The number of hydrogen-bond acceptors (Lipinski definition) is 4. The third-order valence-corrected chi connectivity index (χ3v) is 2.84. The minimum atomic E-state index is 0.672. The highest BCUT2D eigenvalue weighted by Crippen LogP contribution is 2.25. The zero-order valence-electron chi connectivity index (χ0n) is 11.5. The Morgan fingerprint density at radius 2 is 2.00 bits per heavy atom. The van der Waals surface area contributed by atoms with Crippen molar-refractivity contribution in [2.75, 3.05) is 17.7 Å². The first-order valence-corrected chi connectivity index (χ1v) is 6.32. The van der Waals surface area contributed by atoms with Crippen LogP contribution in [0.2, 0.25) is 0 Å². The molecule has 4 heteroatoms. The van der Waals surface area contributed by atoms with E-state index in [1.165, 1.54) is 0 Å². The number of ether oxygens (including phenoxy) is 1. The van der Waals surface area contributed by atoms with E-state index in [2.05, 4.69) is 10.3 Å². The Morgan fingerprint density at radius 3 is 2.63 bits per heavy atom. The molecule has 0 aliphatic rings. The first-order chi connectivity index (χ1) is 9.10. The molecular weight excluding hydrogens is 238 g/mol. The monoisotopic (exact) mass is 257 g/mol. The van der Waals surface area contributed by atoms with E-state index in [0.29, 0.717) is 12.3 Å². The molecule has 0 aliphatic carbocycles. The van der Waals surface area contributed by atoms with Crippen molar-refractivity contribution >= 4 is 17.2 Å². The maximum absolute atomic E-state index is 5.69. The molecule has 19 heavy (non-hydrogen) atoms. The molecule has 3 N–H and O–H groups in total. The first-order valence-electron chi connectivity index (χ1n) is 6.32. The van der Waals surface area contributed by atoms with Gasteiger partial charge >= 0.3 is 0 Å². The van der Waals surface area contributed by atoms with Gasteiger partial charge in [-0.1, -0.05) is 0 Å². The summed E-state index contributed by atoms with van der Waals surface area (Å²) in [6.45, 7) is 6.66. The second-order valence-electron chi connectivity index (χ2n) is 4.47. The van der Waals surface area contributed by atoms with Crippen molar-refractivity contribution in [1.82, 2.24) is 4.98 Å². The topological polar surface area (TPSA) is 60.2 Å². The van der Waals surface area contributed by atoms with Crippen molar-refractivity contribution in [2.45, 2.75) is 20.8 Å². The summed E-state index contributed by atoms with van der Waals surface area (Å²) in [5.41, 5.74) is 9.47. The molecule has 100 valence electrons. The van der Waals surface area contributed by atoms with Gasteiger partial charge in [-0.2, -0.15) is 0 Å². The summed E-state index contributed by atoms with van der Waals surface area (Å²) in [5.74, 6) is 1.73. The quantitative estimate of drug-likeness (QED) is 0.881. The Hall–Kier alpha value is -2.23. The molecule has 1 aromatic carbocycles. The van der Waals surface area contributed by atoms with Gasteiger partial charge in [-0.25, -0.2) is 4.98 Å². The number of nitrogens with zero attached hydrogens (tertiary/aromatic N) is 1. The second-order valence-corrected chi connectivity index (χ2v) is 4.47. The average molecular weight is 257 g/mol. The van der Waals surface area contributed by atoms with Crippen LogP contribution in [0.25, 0.3) is 0 Å². The first kappa shape index (κ1) is 13.2. The minimum absolute atomic E-state index is 0.672. The lowest BCUT2D eigenvalue weighted by Crippen LogP contribution is -1.99. The Bertz CT molecular complexity index is 582. The molecule has 0 spiro atoms. The van der Waals surface area contributed by atoms with Crippen LogP contribution in [0, 0.1) is 13.8 Å². The number of aryl methyl sites for hydroxylation is 2. The van der Waals surface area contributed by atoms with E-state index in [1.54, 1.807) is 6.20 Å². The van der Waals surface area contributed by atoms with Crippen LogP contribution in [-0.4, -0.2) is 11.6 Å². The highest BCUT2D eigenvalue weighted by atomic mass is 16.5. The van der Waals surface area contributed by atoms with Crippen molar-refractivity contribution in [3.63, 3.8) is 0 Å². The number of anilines is 3. The van der Waals surface area contributed by atoms with E-state index in [-0.39, 0.29) is 0 Å². The van der Waals surface area contributed by atoms with E-state index in [4.69, 9.17) is 10.5 Å². The molecule has 2 rings (SSSR count). The van der Waals surface area contributed by atoms with Gasteiger partial charge in [0.25, 0.3) is 0 Å². The van der Waals surface area contributed by atoms with Crippen LogP contribution in [0.4, 0.5) is 17.2 Å². The molecule has 1 aromatic heterocycles. The van der Waals surface area contributed by atoms with Gasteiger partial charge in [0.05, 0.1) is 18.5 Å². The Labute approximate surface area is 113 Å². The molecule has 0 atom stereocenters. The van der Waals surface area contributed by atoms with Crippen LogP contribution < -0.4 is 15.8 Å². The molecule has 0 radical (unpaired) electrons. The molecule has 1 heterocycles. The number of benzene rings is 1. The summed E-state index contributed by atoms with van der Waals surface area (Å²) in [6.07, 6.45) is 1.65. The van der Waals surface area contributed by atoms with Crippen molar-refractivity contribution in [3.8, 4) is 5.75 Å². The molecule has 0 bridgehead atoms. The van der Waals surface area contributed by atoms with Gasteiger partial charge in [0.1, 0.15) is 11.6 Å². The Balaban J connectivity index is 2.21. The Kier molecular flexibility index (Phi) is 3.90. The SMILES string of the molecule is CCOc1ccc(Nc2ncc(N)cc2C)cc1C. The largest absolute Gasteiger partial charge is 0.494 e. The summed E-state index contributed by atoms with van der Waals surface area (Å²) in [4.78, 5) is 4.29. The van der Waals surface area contributed by atoms with Gasteiger partial charge in [0, 0.05) is 5.69 Å². The number of nitrogens with two attached hydrogens (primary N) is 1. The van der Waals surface area contributed by atoms with Crippen molar-refractivity contribution in [1.29, 1.82) is 0 Å². The maximum Gasteiger partial charge on any atom is 0.133 e. The average Bonchev–Trinajstić information content (AvgIpc) is 2.36. The molecular formula is C15H19N3O. The normalized spacial score (nSPS) is 10.3. The predicted octanol–water partition coefficient (Wildman–Crippen LogP) is 3.42. The minimum Gasteiger partial charge on any atom is -0.494 e. The molecule has 0 saturated heterocycles. The van der Waals surface area contributed by atoms with Crippen LogP contribution in [0.5, 0.6) is 5.75 Å². The van der Waals surface area contributed by atoms with E-state index in [1.807, 2.05) is 45.0 Å². The number of rotatable bonds is 4. The van der Waals surface area contributed by atoms with Crippen LogP contribution in [-0.2, 0) is 0 Å². The maximum atomic E-state index is 5.69. The summed E-state index contributed by atoms with van der Waals surface area (Å²) >= 11 is 0. The summed E-state index contributed by atoms with van der Waals surface area (Å²) in [5, 5.41) is 3.29. The summed E-state index contributed by atoms with van der Waals surface area (Å²) < 4.78 is 5.52. The third kappa shape index (κ3) is 3.16. The highest BCUT2D eigenvalue weighted by Gasteiger charge is 2.04. The fourth-order valence-electron chi connectivity index (χ4n) is 1.91. The number of hydrogen-bond donors (Lipinski definition) is 2. The Morgan fingerprint density at radius 1 is 1.21 bits per heavy atom. The van der Waals surface area contributed by atoms with E-state index < -0.39 is 0 Å². The zero-order valence-corrected chi connectivity index (χ0v) is 11.5. The zero-order chi connectivity index (χ0) is 13.8. The van der Waals surface area contributed by atoms with Crippen LogP contribution in [0.15, 0.2) is 30.5 Å². The second kappa shape index (κ2) is 5.61. The predicted molar refractivity (Wildman–Crippen MR) is 79.0 cm³/mol. The van der Waals surface area contributed by atoms with Crippen LogP contribution in [0.3, 0.4) is 0 Å². The van der Waals surface area contributed by atoms with Crippen molar-refractivity contribution in [3.05, 3.63) is 41.6 Å². The number of nitrogens with one attached hydrogen (secondary N) is 1. The van der Waals surface area contributed by atoms with Gasteiger partial charge in [0.2, 0.25) is 0 Å². The van der Waals surface area contributed by atoms with E-state index >= 15 is 0 Å². The molecule has 0 unspecified atom stereocenters. The van der Waals surface area contributed by atoms with Gasteiger partial charge < -0.3 is 15.8 Å². The van der Waals surface area contributed by atoms with Crippen LogP contribution in [0.1, 0.15) is 18.1 Å². The summed E-state index contributed by atoms with van der Waals surface area (Å²) in [7, 11) is 0.